The van der Waals surface area contributed by atoms with Gasteiger partial charge < -0.3 is 10.0 Å². The van der Waals surface area contributed by atoms with E-state index in [9.17, 15) is 4.79 Å². The molecule has 5 nitrogen and oxygen atoms in total. The van der Waals surface area contributed by atoms with Crippen LogP contribution in [-0.4, -0.2) is 33.6 Å². The zero-order valence-electron chi connectivity index (χ0n) is 9.75. The lowest BCUT2D eigenvalue weighted by Gasteiger charge is -2.35. The van der Waals surface area contributed by atoms with Gasteiger partial charge in [0, 0.05) is 31.4 Å². The molecule has 0 spiro atoms. The fourth-order valence-electron chi connectivity index (χ4n) is 2.29. The number of piperidine rings is 1. The molecule has 5 heteroatoms. The second-order valence-corrected chi connectivity index (χ2v) is 4.32. The number of nitrogens with zero attached hydrogens (tertiary/aromatic N) is 3. The highest BCUT2D eigenvalue weighted by Crippen LogP contribution is 2.24. The predicted molar refractivity (Wildman–Crippen MR) is 63.9 cm³/mol. The van der Waals surface area contributed by atoms with E-state index in [-0.39, 0.29) is 12.5 Å². The zero-order valence-corrected chi connectivity index (χ0v) is 9.75. The van der Waals surface area contributed by atoms with Crippen LogP contribution in [0.5, 0.6) is 0 Å². The number of carboxylic acids is 1. The van der Waals surface area contributed by atoms with E-state index >= 15 is 0 Å². The summed E-state index contributed by atoms with van der Waals surface area (Å²) in [6, 6.07) is 2.06. The summed E-state index contributed by atoms with van der Waals surface area (Å²) in [6.07, 6.45) is 7.67. The molecule has 0 aliphatic carbocycles. The molecule has 2 heterocycles. The number of carbonyl (C=O) groups is 1. The highest BCUT2D eigenvalue weighted by atomic mass is 16.4. The van der Waals surface area contributed by atoms with Gasteiger partial charge in [0.05, 0.1) is 0 Å². The Morgan fingerprint density at radius 2 is 2.18 bits per heavy atom. The van der Waals surface area contributed by atoms with E-state index in [2.05, 4.69) is 14.9 Å². The fourth-order valence-corrected chi connectivity index (χ4v) is 2.29. The van der Waals surface area contributed by atoms with Crippen molar-refractivity contribution in [2.24, 2.45) is 0 Å². The van der Waals surface area contributed by atoms with Gasteiger partial charge in [0.25, 0.3) is 0 Å². The van der Waals surface area contributed by atoms with Gasteiger partial charge >= 0.3 is 5.97 Å². The monoisotopic (exact) mass is 235 g/mol. The van der Waals surface area contributed by atoms with E-state index in [1.807, 2.05) is 0 Å². The first-order chi connectivity index (χ1) is 8.27. The van der Waals surface area contributed by atoms with Gasteiger partial charge in [-0.25, -0.2) is 9.97 Å². The lowest BCUT2D eigenvalue weighted by Crippen LogP contribution is -2.40. The second kappa shape index (κ2) is 5.61. The molecule has 0 radical (unpaired) electrons. The minimum absolute atomic E-state index is 0.216. The molecule has 1 aliphatic rings. The van der Waals surface area contributed by atoms with Crippen molar-refractivity contribution in [1.82, 2.24) is 9.97 Å². The Kier molecular flexibility index (Phi) is 3.90. The summed E-state index contributed by atoms with van der Waals surface area (Å²) in [5.74, 6) is -0.00732. The first-order valence-electron chi connectivity index (χ1n) is 6.03. The van der Waals surface area contributed by atoms with Gasteiger partial charge in [0.15, 0.2) is 0 Å². The van der Waals surface area contributed by atoms with Crippen molar-refractivity contribution in [3.8, 4) is 0 Å². The number of aromatic nitrogens is 2. The van der Waals surface area contributed by atoms with Crippen molar-refractivity contribution < 1.29 is 9.90 Å². The number of hydrogen-bond acceptors (Lipinski definition) is 4. The molecule has 1 aliphatic heterocycles. The fraction of sp³-hybridized carbons (Fsp3) is 0.583. The molecule has 2 rings (SSSR count). The van der Waals surface area contributed by atoms with Crippen LogP contribution < -0.4 is 4.90 Å². The van der Waals surface area contributed by atoms with E-state index in [4.69, 9.17) is 5.11 Å². The maximum Gasteiger partial charge on any atom is 0.303 e. The van der Waals surface area contributed by atoms with Crippen molar-refractivity contribution in [3.05, 3.63) is 18.5 Å². The molecule has 1 unspecified atom stereocenters. The Hall–Kier alpha value is -1.65. The standard InChI is InChI=1S/C12H17N3O2/c16-11(17)6-5-10-4-1-2-9-15(10)12-13-7-3-8-14-12/h3,7-8,10H,1-2,4-6,9H2,(H,16,17). The largest absolute Gasteiger partial charge is 0.481 e. The van der Waals surface area contributed by atoms with Gasteiger partial charge in [-0.05, 0) is 31.7 Å². The molecule has 1 N–H and O–H groups in total. The van der Waals surface area contributed by atoms with Crippen molar-refractivity contribution in [1.29, 1.82) is 0 Å². The lowest BCUT2D eigenvalue weighted by atomic mass is 9.98. The quantitative estimate of drug-likeness (QED) is 0.860. The van der Waals surface area contributed by atoms with Crippen LogP contribution in [0.1, 0.15) is 32.1 Å². The molecule has 1 aromatic rings. The van der Waals surface area contributed by atoms with Gasteiger partial charge in [-0.15, -0.1) is 0 Å². The molecule has 1 fully saturated rings. The molecular weight excluding hydrogens is 218 g/mol. The predicted octanol–water partition coefficient (Wildman–Crippen LogP) is 1.70. The van der Waals surface area contributed by atoms with Crippen LogP contribution >= 0.6 is 0 Å². The third kappa shape index (κ3) is 3.15. The smallest absolute Gasteiger partial charge is 0.303 e. The molecule has 1 saturated heterocycles. The third-order valence-corrected chi connectivity index (χ3v) is 3.13. The Morgan fingerprint density at radius 3 is 2.88 bits per heavy atom. The van der Waals surface area contributed by atoms with E-state index in [1.54, 1.807) is 18.5 Å². The third-order valence-electron chi connectivity index (χ3n) is 3.13. The molecule has 0 saturated carbocycles. The van der Waals surface area contributed by atoms with E-state index in [0.29, 0.717) is 6.42 Å². The van der Waals surface area contributed by atoms with Gasteiger partial charge in [-0.3, -0.25) is 4.79 Å². The summed E-state index contributed by atoms with van der Waals surface area (Å²) < 4.78 is 0. The van der Waals surface area contributed by atoms with E-state index < -0.39 is 5.97 Å². The molecule has 0 aromatic carbocycles. The Morgan fingerprint density at radius 1 is 1.41 bits per heavy atom. The molecule has 0 bridgehead atoms. The van der Waals surface area contributed by atoms with Crippen LogP contribution in [0.15, 0.2) is 18.5 Å². The maximum atomic E-state index is 10.6. The second-order valence-electron chi connectivity index (χ2n) is 4.32. The Labute approximate surface area is 100 Å². The Bertz CT molecular complexity index is 369. The molecule has 1 aromatic heterocycles. The summed E-state index contributed by atoms with van der Waals surface area (Å²) in [5.41, 5.74) is 0. The molecule has 17 heavy (non-hydrogen) atoms. The summed E-state index contributed by atoms with van der Waals surface area (Å²) in [7, 11) is 0. The van der Waals surface area contributed by atoms with Crippen LogP contribution in [0.2, 0.25) is 0 Å². The molecule has 0 amide bonds. The van der Waals surface area contributed by atoms with Crippen molar-refractivity contribution >= 4 is 11.9 Å². The summed E-state index contributed by atoms with van der Waals surface area (Å²) in [5, 5.41) is 8.75. The maximum absolute atomic E-state index is 10.6. The van der Waals surface area contributed by atoms with Crippen LogP contribution in [0, 0.1) is 0 Å². The molecule has 1 atom stereocenters. The highest BCUT2D eigenvalue weighted by Gasteiger charge is 2.24. The topological polar surface area (TPSA) is 66.3 Å². The van der Waals surface area contributed by atoms with Gasteiger partial charge in [0.1, 0.15) is 0 Å². The first kappa shape index (κ1) is 11.8. The summed E-state index contributed by atoms with van der Waals surface area (Å²) in [6.45, 7) is 0.925. The summed E-state index contributed by atoms with van der Waals surface area (Å²) >= 11 is 0. The lowest BCUT2D eigenvalue weighted by molar-refractivity contribution is -0.137. The van der Waals surface area contributed by atoms with Crippen LogP contribution in [0.3, 0.4) is 0 Å². The van der Waals surface area contributed by atoms with E-state index in [1.165, 1.54) is 0 Å². The number of rotatable bonds is 4. The first-order valence-corrected chi connectivity index (χ1v) is 6.03. The number of anilines is 1. The SMILES string of the molecule is O=C(O)CCC1CCCCN1c1ncccn1. The zero-order chi connectivity index (χ0) is 12.1. The average Bonchev–Trinajstić information content (AvgIpc) is 2.38. The summed E-state index contributed by atoms with van der Waals surface area (Å²) in [4.78, 5) is 21.3. The average molecular weight is 235 g/mol. The highest BCUT2D eigenvalue weighted by molar-refractivity contribution is 5.66. The van der Waals surface area contributed by atoms with Crippen LogP contribution in [0.25, 0.3) is 0 Å². The van der Waals surface area contributed by atoms with Gasteiger partial charge in [-0.2, -0.15) is 0 Å². The number of aliphatic carboxylic acids is 1. The molecule has 92 valence electrons. The van der Waals surface area contributed by atoms with Crippen LogP contribution in [-0.2, 0) is 4.79 Å². The van der Waals surface area contributed by atoms with Gasteiger partial charge in [0.2, 0.25) is 5.95 Å². The number of hydrogen-bond donors (Lipinski definition) is 1. The minimum Gasteiger partial charge on any atom is -0.481 e. The minimum atomic E-state index is -0.732. The number of carboxylic acid groups (broad SMARTS) is 1. The van der Waals surface area contributed by atoms with Crippen molar-refractivity contribution in [2.45, 2.75) is 38.1 Å². The Balaban J connectivity index is 2.04. The van der Waals surface area contributed by atoms with Gasteiger partial charge in [-0.1, -0.05) is 0 Å². The van der Waals surface area contributed by atoms with E-state index in [0.717, 1.165) is 31.8 Å². The van der Waals surface area contributed by atoms with Crippen molar-refractivity contribution in [2.75, 3.05) is 11.4 Å². The molecular formula is C12H17N3O2. The normalized spacial score (nSPS) is 20.2. The van der Waals surface area contributed by atoms with Crippen LogP contribution in [0.4, 0.5) is 5.95 Å². The van der Waals surface area contributed by atoms with Crippen molar-refractivity contribution in [3.63, 3.8) is 0 Å².